The number of hydrogen-bond acceptors (Lipinski definition) is 3. The van der Waals surface area contributed by atoms with E-state index in [4.69, 9.17) is 11.6 Å². The van der Waals surface area contributed by atoms with Gasteiger partial charge in [0.25, 0.3) is 5.69 Å². The van der Waals surface area contributed by atoms with Crippen LogP contribution in [-0.4, -0.2) is 17.4 Å². The van der Waals surface area contributed by atoms with Crippen LogP contribution in [0.1, 0.15) is 12.8 Å². The van der Waals surface area contributed by atoms with Crippen LogP contribution in [0, 0.1) is 10.1 Å². The van der Waals surface area contributed by atoms with Crippen LogP contribution in [0.25, 0.3) is 0 Å². The number of non-ortho nitro benzene ring substituents is 1. The Bertz CT molecular complexity index is 446. The molecule has 1 aliphatic rings. The summed E-state index contributed by atoms with van der Waals surface area (Å²) in [5.41, 5.74) is 0.347. The van der Waals surface area contributed by atoms with Gasteiger partial charge in [0.2, 0.25) is 6.41 Å². The molecule has 0 saturated heterocycles. The van der Waals surface area contributed by atoms with E-state index in [9.17, 15) is 14.9 Å². The molecule has 0 atom stereocenters. The Morgan fingerprint density at radius 1 is 1.50 bits per heavy atom. The quantitative estimate of drug-likeness (QED) is 0.461. The van der Waals surface area contributed by atoms with Crippen molar-refractivity contribution in [2.24, 2.45) is 0 Å². The highest BCUT2D eigenvalue weighted by Gasteiger charge is 2.31. The summed E-state index contributed by atoms with van der Waals surface area (Å²) in [6, 6.07) is 4.22. The summed E-state index contributed by atoms with van der Waals surface area (Å²) in [5, 5.41) is 11.0. The summed E-state index contributed by atoms with van der Waals surface area (Å²) in [6.07, 6.45) is 2.50. The molecule has 0 unspecified atom stereocenters. The molecule has 5 nitrogen and oxygen atoms in total. The molecule has 0 aliphatic heterocycles. The van der Waals surface area contributed by atoms with E-state index in [1.54, 1.807) is 0 Å². The largest absolute Gasteiger partial charge is 0.310 e. The van der Waals surface area contributed by atoms with Crippen molar-refractivity contribution in [2.45, 2.75) is 18.9 Å². The van der Waals surface area contributed by atoms with Crippen LogP contribution >= 0.6 is 11.6 Å². The molecule has 1 fully saturated rings. The van der Waals surface area contributed by atoms with Crippen molar-refractivity contribution in [2.75, 3.05) is 4.90 Å². The molecule has 1 aliphatic carbocycles. The van der Waals surface area contributed by atoms with Gasteiger partial charge in [0.15, 0.2) is 0 Å². The Kier molecular flexibility index (Phi) is 2.78. The number of rotatable bonds is 4. The van der Waals surface area contributed by atoms with Crippen molar-refractivity contribution in [3.63, 3.8) is 0 Å². The lowest BCUT2D eigenvalue weighted by atomic mass is 10.2. The van der Waals surface area contributed by atoms with Crippen molar-refractivity contribution < 1.29 is 9.72 Å². The molecule has 0 heterocycles. The molecule has 1 aromatic rings. The third kappa shape index (κ3) is 1.99. The second-order valence-corrected chi connectivity index (χ2v) is 4.04. The first-order valence-electron chi connectivity index (χ1n) is 4.81. The van der Waals surface area contributed by atoms with Crippen LogP contribution in [-0.2, 0) is 4.79 Å². The summed E-state index contributed by atoms with van der Waals surface area (Å²) in [4.78, 5) is 22.5. The predicted octanol–water partition coefficient (Wildman–Crippen LogP) is 2.37. The maximum Gasteiger partial charge on any atom is 0.271 e. The molecule has 0 radical (unpaired) electrons. The normalized spacial score (nSPS) is 14.6. The number of carbonyl (C=O) groups excluding carboxylic acids is 1. The van der Waals surface area contributed by atoms with Gasteiger partial charge in [-0.3, -0.25) is 14.9 Å². The SMILES string of the molecule is O=CN(c1cc([N+](=O)[O-])ccc1Cl)C1CC1. The molecule has 0 aromatic heterocycles. The topological polar surface area (TPSA) is 63.5 Å². The van der Waals surface area contributed by atoms with Gasteiger partial charge in [-0.25, -0.2) is 0 Å². The van der Waals surface area contributed by atoms with Gasteiger partial charge in [0.1, 0.15) is 0 Å². The highest BCUT2D eigenvalue weighted by Crippen LogP contribution is 2.36. The fourth-order valence-corrected chi connectivity index (χ4v) is 1.72. The Hall–Kier alpha value is -1.62. The maximum absolute atomic E-state index is 10.9. The summed E-state index contributed by atoms with van der Waals surface area (Å²) >= 11 is 5.92. The van der Waals surface area contributed by atoms with E-state index in [0.717, 1.165) is 12.8 Å². The summed E-state index contributed by atoms with van der Waals surface area (Å²) in [5.74, 6) is 0. The van der Waals surface area contributed by atoms with Gasteiger partial charge in [-0.15, -0.1) is 0 Å². The van der Waals surface area contributed by atoms with E-state index in [1.165, 1.54) is 23.1 Å². The van der Waals surface area contributed by atoms with Crippen molar-refractivity contribution in [1.29, 1.82) is 0 Å². The third-order valence-electron chi connectivity index (χ3n) is 2.47. The van der Waals surface area contributed by atoms with Crippen molar-refractivity contribution in [3.05, 3.63) is 33.3 Å². The van der Waals surface area contributed by atoms with Gasteiger partial charge in [0, 0.05) is 18.2 Å². The van der Waals surface area contributed by atoms with E-state index in [2.05, 4.69) is 0 Å². The minimum Gasteiger partial charge on any atom is -0.310 e. The fraction of sp³-hybridized carbons (Fsp3) is 0.300. The third-order valence-corrected chi connectivity index (χ3v) is 2.79. The van der Waals surface area contributed by atoms with Gasteiger partial charge < -0.3 is 4.90 Å². The van der Waals surface area contributed by atoms with Crippen LogP contribution in [0.3, 0.4) is 0 Å². The molecule has 6 heteroatoms. The van der Waals surface area contributed by atoms with Crippen LogP contribution in [0.4, 0.5) is 11.4 Å². The van der Waals surface area contributed by atoms with Crippen molar-refractivity contribution >= 4 is 29.4 Å². The molecule has 1 amide bonds. The molecular formula is C10H9ClN2O3. The summed E-state index contributed by atoms with van der Waals surface area (Å²) in [6.45, 7) is 0. The second-order valence-electron chi connectivity index (χ2n) is 3.64. The standard InChI is InChI=1S/C10H9ClN2O3/c11-9-4-3-8(13(15)16)5-10(9)12(6-14)7-1-2-7/h3-7H,1-2H2. The fourth-order valence-electron chi connectivity index (χ4n) is 1.50. The second kappa shape index (κ2) is 4.09. The van der Waals surface area contributed by atoms with E-state index in [0.29, 0.717) is 17.1 Å². The Balaban J connectivity index is 2.40. The lowest BCUT2D eigenvalue weighted by molar-refractivity contribution is -0.384. The number of nitrogens with zero attached hydrogens (tertiary/aromatic N) is 2. The van der Waals surface area contributed by atoms with Crippen LogP contribution in [0.5, 0.6) is 0 Å². The minimum atomic E-state index is -0.504. The number of anilines is 1. The van der Waals surface area contributed by atoms with Crippen molar-refractivity contribution in [3.8, 4) is 0 Å². The van der Waals surface area contributed by atoms with Gasteiger partial charge >= 0.3 is 0 Å². The van der Waals surface area contributed by atoms with Gasteiger partial charge in [-0.05, 0) is 18.9 Å². The first-order chi connectivity index (χ1) is 7.63. The van der Waals surface area contributed by atoms with Crippen LogP contribution in [0.2, 0.25) is 5.02 Å². The maximum atomic E-state index is 10.9. The van der Waals surface area contributed by atoms with E-state index in [-0.39, 0.29) is 11.7 Å². The lowest BCUT2D eigenvalue weighted by Gasteiger charge is -2.17. The van der Waals surface area contributed by atoms with Crippen LogP contribution < -0.4 is 4.90 Å². The molecule has 2 rings (SSSR count). The molecule has 0 spiro atoms. The predicted molar refractivity (Wildman–Crippen MR) is 59.7 cm³/mol. The van der Waals surface area contributed by atoms with Gasteiger partial charge in [-0.1, -0.05) is 11.6 Å². The zero-order chi connectivity index (χ0) is 11.7. The smallest absolute Gasteiger partial charge is 0.271 e. The van der Waals surface area contributed by atoms with Gasteiger partial charge in [0.05, 0.1) is 15.6 Å². The van der Waals surface area contributed by atoms with Gasteiger partial charge in [-0.2, -0.15) is 0 Å². The van der Waals surface area contributed by atoms with Crippen LogP contribution in [0.15, 0.2) is 18.2 Å². The highest BCUT2D eigenvalue weighted by atomic mass is 35.5. The molecule has 16 heavy (non-hydrogen) atoms. The number of amides is 1. The number of nitro benzene ring substituents is 1. The first-order valence-corrected chi connectivity index (χ1v) is 5.19. The molecule has 0 N–H and O–H groups in total. The number of hydrogen-bond donors (Lipinski definition) is 0. The molecule has 1 saturated carbocycles. The number of benzene rings is 1. The first kappa shape index (κ1) is 10.9. The summed E-state index contributed by atoms with van der Waals surface area (Å²) < 4.78 is 0. The van der Waals surface area contributed by atoms with E-state index >= 15 is 0 Å². The van der Waals surface area contributed by atoms with E-state index < -0.39 is 4.92 Å². The number of halogens is 1. The molecule has 0 bridgehead atoms. The number of nitro groups is 1. The Morgan fingerprint density at radius 2 is 2.19 bits per heavy atom. The zero-order valence-corrected chi connectivity index (χ0v) is 9.05. The molecular weight excluding hydrogens is 232 g/mol. The monoisotopic (exact) mass is 240 g/mol. The van der Waals surface area contributed by atoms with E-state index in [1.807, 2.05) is 0 Å². The highest BCUT2D eigenvalue weighted by molar-refractivity contribution is 6.33. The zero-order valence-electron chi connectivity index (χ0n) is 8.30. The minimum absolute atomic E-state index is 0.0631. The molecule has 84 valence electrons. The van der Waals surface area contributed by atoms with Crippen molar-refractivity contribution in [1.82, 2.24) is 0 Å². The average Bonchev–Trinajstić information content (AvgIpc) is 3.05. The lowest BCUT2D eigenvalue weighted by Crippen LogP contribution is -2.23. The Morgan fingerprint density at radius 3 is 2.69 bits per heavy atom. The molecule has 1 aromatic carbocycles. The summed E-state index contributed by atoms with van der Waals surface area (Å²) in [7, 11) is 0. The Labute approximate surface area is 96.8 Å². The number of carbonyl (C=O) groups is 1. The average molecular weight is 241 g/mol.